The predicted molar refractivity (Wildman–Crippen MR) is 92.4 cm³/mol. The van der Waals surface area contributed by atoms with Crippen LogP contribution in [0.25, 0.3) is 22.2 Å². The van der Waals surface area contributed by atoms with E-state index in [1.807, 2.05) is 18.2 Å². The molecular formula is C18H17FN2O2S. The predicted octanol–water partition coefficient (Wildman–Crippen LogP) is 3.13. The molecule has 4 rings (SSSR count). The van der Waals surface area contributed by atoms with Gasteiger partial charge in [0.1, 0.15) is 6.17 Å². The average molecular weight is 344 g/mol. The first kappa shape index (κ1) is 15.4. The number of fused-ring (bicyclic) bond motifs is 3. The number of alkyl halides is 1. The molecule has 0 spiro atoms. The number of aromatic amines is 1. The molecule has 2 aromatic carbocycles. The molecule has 4 nitrogen and oxygen atoms in total. The van der Waals surface area contributed by atoms with Crippen LogP contribution in [0, 0.1) is 0 Å². The van der Waals surface area contributed by atoms with Crippen molar-refractivity contribution in [1.82, 2.24) is 4.98 Å². The van der Waals surface area contributed by atoms with Crippen molar-refractivity contribution in [3.8, 4) is 11.3 Å². The molecule has 0 radical (unpaired) electrons. The summed E-state index contributed by atoms with van der Waals surface area (Å²) in [5.74, 6) is 0. The van der Waals surface area contributed by atoms with E-state index in [1.165, 1.54) is 6.26 Å². The number of halogens is 1. The van der Waals surface area contributed by atoms with E-state index in [4.69, 9.17) is 5.73 Å². The molecule has 0 saturated heterocycles. The summed E-state index contributed by atoms with van der Waals surface area (Å²) >= 11 is 0. The van der Waals surface area contributed by atoms with Crippen LogP contribution in [0.4, 0.5) is 4.39 Å². The van der Waals surface area contributed by atoms with Crippen molar-refractivity contribution in [3.63, 3.8) is 0 Å². The number of hydrogen-bond acceptors (Lipinski definition) is 3. The minimum Gasteiger partial charge on any atom is -0.355 e. The fraction of sp³-hybridized carbons (Fsp3) is 0.222. The second kappa shape index (κ2) is 5.16. The van der Waals surface area contributed by atoms with Crippen molar-refractivity contribution < 1.29 is 12.8 Å². The summed E-state index contributed by atoms with van der Waals surface area (Å²) in [6.45, 7) is 0. The number of hydrogen-bond donors (Lipinski definition) is 2. The zero-order chi connectivity index (χ0) is 17.1. The van der Waals surface area contributed by atoms with E-state index in [0.717, 1.165) is 33.3 Å². The number of aromatic nitrogens is 1. The Labute approximate surface area is 139 Å². The number of nitrogens with two attached hydrogens (primary N) is 1. The summed E-state index contributed by atoms with van der Waals surface area (Å²) in [6.07, 6.45) is 0.473. The van der Waals surface area contributed by atoms with Gasteiger partial charge >= 0.3 is 0 Å². The van der Waals surface area contributed by atoms with Crippen LogP contribution in [0.3, 0.4) is 0 Å². The molecule has 0 saturated carbocycles. The lowest BCUT2D eigenvalue weighted by Crippen LogP contribution is -2.17. The highest BCUT2D eigenvalue weighted by molar-refractivity contribution is 7.90. The number of sulfone groups is 1. The topological polar surface area (TPSA) is 76.0 Å². The van der Waals surface area contributed by atoms with Gasteiger partial charge in [0.05, 0.1) is 10.9 Å². The van der Waals surface area contributed by atoms with Gasteiger partial charge in [0.25, 0.3) is 0 Å². The van der Waals surface area contributed by atoms with E-state index in [-0.39, 0.29) is 4.90 Å². The molecule has 3 N–H and O–H groups in total. The van der Waals surface area contributed by atoms with Crippen LogP contribution in [0.5, 0.6) is 0 Å². The highest BCUT2D eigenvalue weighted by Gasteiger charge is 2.31. The molecule has 0 aliphatic heterocycles. The zero-order valence-electron chi connectivity index (χ0n) is 13.1. The lowest BCUT2D eigenvalue weighted by molar-refractivity contribution is 0.304. The third-order valence-corrected chi connectivity index (χ3v) is 5.82. The van der Waals surface area contributed by atoms with Crippen LogP contribution < -0.4 is 5.73 Å². The van der Waals surface area contributed by atoms with E-state index in [2.05, 4.69) is 4.98 Å². The molecule has 1 aromatic heterocycles. The maximum absolute atomic E-state index is 13.9. The molecule has 124 valence electrons. The Hall–Kier alpha value is -2.18. The third-order valence-electron chi connectivity index (χ3n) is 4.69. The molecule has 2 atom stereocenters. The number of benzene rings is 2. The number of nitrogens with one attached hydrogen (secondary N) is 1. The minimum absolute atomic E-state index is 0.287. The smallest absolute Gasteiger partial charge is 0.175 e. The monoisotopic (exact) mass is 344 g/mol. The summed E-state index contributed by atoms with van der Waals surface area (Å²) < 4.78 is 37.0. The molecule has 24 heavy (non-hydrogen) atoms. The Morgan fingerprint density at radius 2 is 1.88 bits per heavy atom. The van der Waals surface area contributed by atoms with Gasteiger partial charge in [-0.15, -0.1) is 0 Å². The molecule has 0 amide bonds. The number of rotatable bonds is 2. The maximum Gasteiger partial charge on any atom is 0.175 e. The van der Waals surface area contributed by atoms with Crippen molar-refractivity contribution in [3.05, 3.63) is 53.6 Å². The molecule has 6 heteroatoms. The van der Waals surface area contributed by atoms with E-state index < -0.39 is 22.1 Å². The van der Waals surface area contributed by atoms with Gasteiger partial charge < -0.3 is 10.7 Å². The summed E-state index contributed by atoms with van der Waals surface area (Å²) in [7, 11) is -3.21. The van der Waals surface area contributed by atoms with Crippen molar-refractivity contribution in [2.75, 3.05) is 6.26 Å². The summed E-state index contributed by atoms with van der Waals surface area (Å²) in [4.78, 5) is 3.60. The first-order valence-corrected chi connectivity index (χ1v) is 9.58. The Bertz CT molecular complexity index is 1040. The fourth-order valence-electron chi connectivity index (χ4n) is 3.38. The molecule has 1 heterocycles. The quantitative estimate of drug-likeness (QED) is 0.750. The Balaban J connectivity index is 1.81. The van der Waals surface area contributed by atoms with Gasteiger partial charge in [-0.25, -0.2) is 12.8 Å². The van der Waals surface area contributed by atoms with Crippen molar-refractivity contribution in [1.29, 1.82) is 0 Å². The van der Waals surface area contributed by atoms with Crippen LogP contribution in [-0.4, -0.2) is 25.8 Å². The van der Waals surface area contributed by atoms with E-state index >= 15 is 0 Å². The molecule has 3 aromatic rings. The second-order valence-electron chi connectivity index (χ2n) is 6.32. The van der Waals surface area contributed by atoms with Gasteiger partial charge in [-0.1, -0.05) is 18.2 Å². The van der Waals surface area contributed by atoms with Gasteiger partial charge in [-0.05, 0) is 41.0 Å². The van der Waals surface area contributed by atoms with Gasteiger partial charge in [0.15, 0.2) is 9.84 Å². The minimum atomic E-state index is -3.21. The summed E-state index contributed by atoms with van der Waals surface area (Å²) in [5.41, 5.74) is 10.4. The molecule has 1 aliphatic carbocycles. The van der Waals surface area contributed by atoms with Crippen LogP contribution >= 0.6 is 0 Å². The van der Waals surface area contributed by atoms with Gasteiger partial charge in [-0.3, -0.25) is 0 Å². The van der Waals surface area contributed by atoms with E-state index in [9.17, 15) is 12.8 Å². The normalized spacial score (nSPS) is 20.5. The van der Waals surface area contributed by atoms with Gasteiger partial charge in [0, 0.05) is 29.3 Å². The second-order valence-corrected chi connectivity index (χ2v) is 8.34. The van der Waals surface area contributed by atoms with Crippen LogP contribution in [0.15, 0.2) is 47.4 Å². The SMILES string of the molecule is CS(=O)(=O)c1ccc(-c2cc3c4c(ccc3[nH]2)[C@@H](N)[C@@H](F)C4)cc1. The lowest BCUT2D eigenvalue weighted by atomic mass is 10.0. The van der Waals surface area contributed by atoms with E-state index in [1.54, 1.807) is 24.3 Å². The average Bonchev–Trinajstić information content (AvgIpc) is 3.09. The van der Waals surface area contributed by atoms with Gasteiger partial charge in [0.2, 0.25) is 0 Å². The Morgan fingerprint density at radius 1 is 1.17 bits per heavy atom. The van der Waals surface area contributed by atoms with Crippen LogP contribution in [0.1, 0.15) is 17.2 Å². The summed E-state index contributed by atoms with van der Waals surface area (Å²) in [5, 5.41) is 0.977. The Kier molecular flexibility index (Phi) is 3.30. The molecule has 0 unspecified atom stereocenters. The van der Waals surface area contributed by atoms with Crippen LogP contribution in [0.2, 0.25) is 0 Å². The first-order valence-electron chi connectivity index (χ1n) is 7.69. The maximum atomic E-state index is 13.9. The van der Waals surface area contributed by atoms with Crippen LogP contribution in [-0.2, 0) is 16.3 Å². The third kappa shape index (κ3) is 2.34. The Morgan fingerprint density at radius 3 is 2.54 bits per heavy atom. The summed E-state index contributed by atoms with van der Waals surface area (Å²) in [6, 6.07) is 11.9. The van der Waals surface area contributed by atoms with Gasteiger partial charge in [-0.2, -0.15) is 0 Å². The molecule has 0 bridgehead atoms. The molecule has 1 aliphatic rings. The van der Waals surface area contributed by atoms with Crippen molar-refractivity contribution in [2.45, 2.75) is 23.5 Å². The lowest BCUT2D eigenvalue weighted by Gasteiger charge is -2.06. The van der Waals surface area contributed by atoms with E-state index in [0.29, 0.717) is 6.42 Å². The highest BCUT2D eigenvalue weighted by atomic mass is 32.2. The molecule has 0 fully saturated rings. The fourth-order valence-corrected chi connectivity index (χ4v) is 4.01. The number of H-pyrrole nitrogens is 1. The first-order chi connectivity index (χ1) is 11.3. The van der Waals surface area contributed by atoms with Crippen molar-refractivity contribution in [2.24, 2.45) is 5.73 Å². The molecular weight excluding hydrogens is 327 g/mol. The standard InChI is InChI=1S/C18H17FN2O2S/c1-24(22,23)11-4-2-10(3-5-11)17-9-14-13-8-15(19)18(20)12(13)6-7-16(14)21-17/h2-7,9,15,18,21H,8,20H2,1H3/t15-,18+/m0/s1. The highest BCUT2D eigenvalue weighted by Crippen LogP contribution is 2.38. The zero-order valence-corrected chi connectivity index (χ0v) is 13.9. The van der Waals surface area contributed by atoms with Crippen molar-refractivity contribution >= 4 is 20.7 Å². The largest absolute Gasteiger partial charge is 0.355 e.